The lowest BCUT2D eigenvalue weighted by atomic mass is 10.2. The number of alkyl halides is 1. The molecular formula is C10H15ClMgO. The molecule has 0 saturated heterocycles. The number of hydrogen-bond acceptors (Lipinski definition) is 1. The maximum Gasteiger partial charge on any atom is 0.316 e. The largest absolute Gasteiger partial charge is 0.377 e. The van der Waals surface area contributed by atoms with E-state index in [1.165, 1.54) is 5.56 Å². The summed E-state index contributed by atoms with van der Waals surface area (Å²) in [4.78, 5) is 0. The SMILES string of the molecule is ClCCCOCc1ccccc1.[MgH2]. The third-order valence-electron chi connectivity index (χ3n) is 1.53. The van der Waals surface area contributed by atoms with Crippen LogP contribution in [0.1, 0.15) is 12.0 Å². The molecule has 0 aliphatic rings. The Morgan fingerprint density at radius 3 is 2.46 bits per heavy atom. The van der Waals surface area contributed by atoms with Gasteiger partial charge in [0.25, 0.3) is 0 Å². The molecular weight excluding hydrogens is 196 g/mol. The first kappa shape index (κ1) is 13.2. The zero-order chi connectivity index (χ0) is 8.65. The minimum atomic E-state index is 0. The Kier molecular flexibility index (Phi) is 8.98. The van der Waals surface area contributed by atoms with E-state index in [2.05, 4.69) is 12.1 Å². The van der Waals surface area contributed by atoms with Gasteiger partial charge < -0.3 is 4.74 Å². The van der Waals surface area contributed by atoms with Gasteiger partial charge in [0, 0.05) is 12.5 Å². The molecule has 1 aromatic rings. The highest BCUT2D eigenvalue weighted by molar-refractivity contribution is 6.17. The number of benzene rings is 1. The lowest BCUT2D eigenvalue weighted by Crippen LogP contribution is -1.95. The number of hydrogen-bond donors (Lipinski definition) is 0. The van der Waals surface area contributed by atoms with Gasteiger partial charge in [-0.2, -0.15) is 0 Å². The van der Waals surface area contributed by atoms with E-state index in [9.17, 15) is 0 Å². The van der Waals surface area contributed by atoms with Crippen molar-refractivity contribution >= 4 is 34.7 Å². The van der Waals surface area contributed by atoms with Crippen LogP contribution in [-0.2, 0) is 11.3 Å². The molecule has 1 aromatic carbocycles. The van der Waals surface area contributed by atoms with Crippen molar-refractivity contribution in [3.05, 3.63) is 35.9 Å². The predicted octanol–water partition coefficient (Wildman–Crippen LogP) is 1.92. The summed E-state index contributed by atoms with van der Waals surface area (Å²) in [7, 11) is 0. The average Bonchev–Trinajstić information content (AvgIpc) is 2.14. The van der Waals surface area contributed by atoms with Crippen LogP contribution in [-0.4, -0.2) is 35.5 Å². The van der Waals surface area contributed by atoms with Gasteiger partial charge in [0.05, 0.1) is 6.61 Å². The molecule has 0 unspecified atom stereocenters. The van der Waals surface area contributed by atoms with Crippen molar-refractivity contribution in [1.82, 2.24) is 0 Å². The van der Waals surface area contributed by atoms with Gasteiger partial charge in [-0.3, -0.25) is 0 Å². The Morgan fingerprint density at radius 1 is 1.15 bits per heavy atom. The summed E-state index contributed by atoms with van der Waals surface area (Å²) in [5.74, 6) is 0.675. The first-order chi connectivity index (χ1) is 5.93. The smallest absolute Gasteiger partial charge is 0.316 e. The van der Waals surface area contributed by atoms with Crippen LogP contribution in [0, 0.1) is 0 Å². The first-order valence-corrected chi connectivity index (χ1v) is 4.64. The predicted molar refractivity (Wildman–Crippen MR) is 60.0 cm³/mol. The van der Waals surface area contributed by atoms with E-state index in [4.69, 9.17) is 16.3 Å². The molecule has 0 radical (unpaired) electrons. The molecule has 0 fully saturated rings. The van der Waals surface area contributed by atoms with Gasteiger partial charge in [-0.05, 0) is 12.0 Å². The summed E-state index contributed by atoms with van der Waals surface area (Å²) in [5.41, 5.74) is 1.21. The molecule has 0 aliphatic heterocycles. The van der Waals surface area contributed by atoms with Gasteiger partial charge in [-0.1, -0.05) is 30.3 Å². The topological polar surface area (TPSA) is 9.23 Å². The van der Waals surface area contributed by atoms with E-state index in [0.717, 1.165) is 13.0 Å². The number of halogens is 1. The minimum Gasteiger partial charge on any atom is -0.377 e. The molecule has 0 bridgehead atoms. The van der Waals surface area contributed by atoms with Crippen molar-refractivity contribution in [3.63, 3.8) is 0 Å². The molecule has 0 aromatic heterocycles. The Bertz CT molecular complexity index is 203. The van der Waals surface area contributed by atoms with Crippen molar-refractivity contribution in [2.75, 3.05) is 12.5 Å². The molecule has 0 N–H and O–H groups in total. The number of rotatable bonds is 5. The Labute approximate surface area is 101 Å². The zero-order valence-corrected chi connectivity index (χ0v) is 7.76. The first-order valence-electron chi connectivity index (χ1n) is 4.11. The van der Waals surface area contributed by atoms with E-state index < -0.39 is 0 Å². The van der Waals surface area contributed by atoms with E-state index in [1.807, 2.05) is 18.2 Å². The van der Waals surface area contributed by atoms with Crippen LogP contribution in [0.4, 0.5) is 0 Å². The fourth-order valence-corrected chi connectivity index (χ4v) is 1.03. The number of ether oxygens (including phenoxy) is 1. The van der Waals surface area contributed by atoms with Crippen molar-refractivity contribution in [3.8, 4) is 0 Å². The maximum atomic E-state index is 5.50. The van der Waals surface area contributed by atoms with Crippen LogP contribution in [0.5, 0.6) is 0 Å². The second-order valence-corrected chi connectivity index (χ2v) is 2.96. The average molecular weight is 211 g/mol. The van der Waals surface area contributed by atoms with Crippen LogP contribution in [0.3, 0.4) is 0 Å². The summed E-state index contributed by atoms with van der Waals surface area (Å²) < 4.78 is 5.38. The van der Waals surface area contributed by atoms with E-state index in [1.54, 1.807) is 0 Å². The second-order valence-electron chi connectivity index (χ2n) is 2.58. The van der Waals surface area contributed by atoms with E-state index >= 15 is 0 Å². The Balaban J connectivity index is 0.00000144. The minimum absolute atomic E-state index is 0. The lowest BCUT2D eigenvalue weighted by Gasteiger charge is -2.01. The Morgan fingerprint density at radius 2 is 1.85 bits per heavy atom. The summed E-state index contributed by atoms with van der Waals surface area (Å²) in [6.45, 7) is 1.44. The molecule has 0 heterocycles. The molecule has 0 spiro atoms. The molecule has 0 saturated carbocycles. The molecule has 13 heavy (non-hydrogen) atoms. The quantitative estimate of drug-likeness (QED) is 0.410. The van der Waals surface area contributed by atoms with Gasteiger partial charge in [0.1, 0.15) is 0 Å². The van der Waals surface area contributed by atoms with Crippen LogP contribution < -0.4 is 0 Å². The molecule has 70 valence electrons. The second kappa shape index (κ2) is 8.82. The van der Waals surface area contributed by atoms with Crippen LogP contribution >= 0.6 is 11.6 Å². The standard InChI is InChI=1S/C10H13ClO.Mg.2H/c11-7-4-8-12-9-10-5-2-1-3-6-10;;;/h1-3,5-6H,4,7-9H2;;;. The highest BCUT2D eigenvalue weighted by atomic mass is 35.5. The van der Waals surface area contributed by atoms with E-state index in [0.29, 0.717) is 12.5 Å². The summed E-state index contributed by atoms with van der Waals surface area (Å²) >= 11 is 5.50. The van der Waals surface area contributed by atoms with Gasteiger partial charge >= 0.3 is 23.1 Å². The van der Waals surface area contributed by atoms with Gasteiger partial charge in [0.2, 0.25) is 0 Å². The molecule has 0 amide bonds. The fourth-order valence-electron chi connectivity index (χ4n) is 0.921. The summed E-state index contributed by atoms with van der Waals surface area (Å²) in [6, 6.07) is 10.1. The van der Waals surface area contributed by atoms with E-state index in [-0.39, 0.29) is 23.1 Å². The molecule has 1 rings (SSSR count). The van der Waals surface area contributed by atoms with Crippen molar-refractivity contribution < 1.29 is 4.74 Å². The monoisotopic (exact) mass is 210 g/mol. The molecule has 3 heteroatoms. The normalized spacial score (nSPS) is 9.31. The zero-order valence-electron chi connectivity index (χ0n) is 7.00. The van der Waals surface area contributed by atoms with Crippen molar-refractivity contribution in [1.29, 1.82) is 0 Å². The third-order valence-corrected chi connectivity index (χ3v) is 1.80. The van der Waals surface area contributed by atoms with Crippen molar-refractivity contribution in [2.45, 2.75) is 13.0 Å². The van der Waals surface area contributed by atoms with Crippen molar-refractivity contribution in [2.24, 2.45) is 0 Å². The fraction of sp³-hybridized carbons (Fsp3) is 0.400. The lowest BCUT2D eigenvalue weighted by molar-refractivity contribution is 0.122. The highest BCUT2D eigenvalue weighted by Crippen LogP contribution is 2.00. The van der Waals surface area contributed by atoms with Crippen LogP contribution in [0.15, 0.2) is 30.3 Å². The van der Waals surface area contributed by atoms with Gasteiger partial charge in [-0.25, -0.2) is 0 Å². The highest BCUT2D eigenvalue weighted by Gasteiger charge is 1.90. The third kappa shape index (κ3) is 6.33. The summed E-state index contributed by atoms with van der Waals surface area (Å²) in [6.07, 6.45) is 0.925. The van der Waals surface area contributed by atoms with Gasteiger partial charge in [0.15, 0.2) is 0 Å². The Hall–Kier alpha value is 0.236. The molecule has 0 aliphatic carbocycles. The van der Waals surface area contributed by atoms with Crippen LogP contribution in [0.2, 0.25) is 0 Å². The maximum absolute atomic E-state index is 5.50. The molecule has 0 atom stereocenters. The van der Waals surface area contributed by atoms with Crippen LogP contribution in [0.25, 0.3) is 0 Å². The summed E-state index contributed by atoms with van der Waals surface area (Å²) in [5, 5.41) is 0. The molecule has 1 nitrogen and oxygen atoms in total. The van der Waals surface area contributed by atoms with Gasteiger partial charge in [-0.15, -0.1) is 11.6 Å².